The second-order valence-electron chi connectivity index (χ2n) is 8.63. The topological polar surface area (TPSA) is 96.8 Å². The Labute approximate surface area is 196 Å². The lowest BCUT2D eigenvalue weighted by Crippen LogP contribution is -2.40. The Balaban J connectivity index is 1.78. The second-order valence-corrected chi connectivity index (χ2v) is 8.63. The van der Waals surface area contributed by atoms with Gasteiger partial charge >= 0.3 is 5.69 Å². The van der Waals surface area contributed by atoms with Gasteiger partial charge in [-0.3, -0.25) is 13.9 Å². The molecule has 0 aliphatic heterocycles. The van der Waals surface area contributed by atoms with Crippen LogP contribution in [0.25, 0.3) is 22.7 Å². The molecule has 0 atom stereocenters. The van der Waals surface area contributed by atoms with E-state index in [0.717, 1.165) is 18.4 Å². The Morgan fingerprint density at radius 3 is 2.47 bits per heavy atom. The molecule has 1 fully saturated rings. The van der Waals surface area contributed by atoms with Gasteiger partial charge in [-0.25, -0.2) is 19.7 Å². The molecule has 0 bridgehead atoms. The summed E-state index contributed by atoms with van der Waals surface area (Å²) < 4.78 is 10.7. The summed E-state index contributed by atoms with van der Waals surface area (Å²) >= 11 is 0. The minimum atomic E-state index is -0.345. The third-order valence-electron chi connectivity index (χ3n) is 6.09. The number of benzene rings is 1. The highest BCUT2D eigenvalue weighted by atomic mass is 16.5. The molecule has 0 spiro atoms. The van der Waals surface area contributed by atoms with Crippen LogP contribution >= 0.6 is 0 Å². The molecular weight excluding hydrogens is 432 g/mol. The molecule has 3 aromatic heterocycles. The molecule has 5 rings (SSSR count). The predicted molar refractivity (Wildman–Crippen MR) is 129 cm³/mol. The Bertz CT molecular complexity index is 1430. The lowest BCUT2D eigenvalue weighted by Gasteiger charge is -2.13. The average Bonchev–Trinajstić information content (AvgIpc) is 3.62. The molecule has 0 radical (unpaired) electrons. The maximum Gasteiger partial charge on any atom is 0.332 e. The van der Waals surface area contributed by atoms with Crippen LogP contribution in [0.4, 0.5) is 0 Å². The molecule has 0 saturated heterocycles. The third-order valence-corrected chi connectivity index (χ3v) is 6.09. The fraction of sp³-hybridized carbons (Fsp3) is 0.400. The highest BCUT2D eigenvalue weighted by molar-refractivity contribution is 5.77. The smallest absolute Gasteiger partial charge is 0.332 e. The van der Waals surface area contributed by atoms with Crippen LogP contribution in [0.5, 0.6) is 5.88 Å². The van der Waals surface area contributed by atoms with Crippen molar-refractivity contribution in [1.29, 1.82) is 0 Å². The molecule has 3 heterocycles. The molecule has 0 amide bonds. The van der Waals surface area contributed by atoms with Crippen molar-refractivity contribution in [3.8, 4) is 17.4 Å². The molecule has 1 saturated carbocycles. The van der Waals surface area contributed by atoms with Crippen LogP contribution in [0.3, 0.4) is 0 Å². The van der Waals surface area contributed by atoms with Gasteiger partial charge in [0.1, 0.15) is 0 Å². The van der Waals surface area contributed by atoms with Gasteiger partial charge < -0.3 is 9.30 Å². The van der Waals surface area contributed by atoms with E-state index in [1.165, 1.54) is 4.57 Å². The predicted octanol–water partition coefficient (Wildman–Crippen LogP) is 3.08. The molecule has 9 nitrogen and oxygen atoms in total. The van der Waals surface area contributed by atoms with Crippen LogP contribution in [0, 0.1) is 5.92 Å². The molecule has 9 heteroatoms. The molecule has 34 heavy (non-hydrogen) atoms. The van der Waals surface area contributed by atoms with Crippen molar-refractivity contribution in [2.75, 3.05) is 6.61 Å². The van der Waals surface area contributed by atoms with Crippen LogP contribution in [0.1, 0.15) is 38.7 Å². The van der Waals surface area contributed by atoms with Gasteiger partial charge in [-0.05, 0) is 37.7 Å². The number of nitrogens with zero attached hydrogens (tertiary/aromatic N) is 6. The molecule has 4 aromatic rings. The first-order valence-electron chi connectivity index (χ1n) is 11.8. The van der Waals surface area contributed by atoms with Gasteiger partial charge in [0, 0.05) is 32.0 Å². The number of hydrogen-bond acceptors (Lipinski definition) is 6. The first kappa shape index (κ1) is 22.1. The van der Waals surface area contributed by atoms with Crippen molar-refractivity contribution >= 4 is 11.2 Å². The summed E-state index contributed by atoms with van der Waals surface area (Å²) in [5.74, 6) is 1.40. The van der Waals surface area contributed by atoms with Crippen LogP contribution in [0.2, 0.25) is 0 Å². The Morgan fingerprint density at radius 1 is 1.00 bits per heavy atom. The van der Waals surface area contributed by atoms with E-state index in [0.29, 0.717) is 67.1 Å². The standard InChI is InChI=1S/C25H28N6O3/c1-3-14-30-24(32)20-22(29(4-2)25(30)33)28-21(31(20)15-17-8-6-5-7-9-17)19-23(27-13-12-26-19)34-16-18-10-11-18/h5-9,12-13,18H,3-4,10-11,14-16H2,1-2H3. The number of imidazole rings is 1. The van der Waals surface area contributed by atoms with Crippen molar-refractivity contribution < 1.29 is 4.74 Å². The first-order chi connectivity index (χ1) is 16.6. The fourth-order valence-electron chi connectivity index (χ4n) is 4.16. The summed E-state index contributed by atoms with van der Waals surface area (Å²) in [7, 11) is 0. The highest BCUT2D eigenvalue weighted by Gasteiger charge is 2.27. The van der Waals surface area contributed by atoms with Gasteiger partial charge in [-0.2, -0.15) is 0 Å². The largest absolute Gasteiger partial charge is 0.476 e. The molecule has 1 aromatic carbocycles. The molecule has 1 aliphatic rings. The van der Waals surface area contributed by atoms with Crippen LogP contribution in [0.15, 0.2) is 52.3 Å². The second kappa shape index (κ2) is 9.24. The van der Waals surface area contributed by atoms with E-state index in [1.807, 2.05) is 48.7 Å². The Hall–Kier alpha value is -3.75. The zero-order valence-electron chi connectivity index (χ0n) is 19.5. The zero-order chi connectivity index (χ0) is 23.7. The zero-order valence-corrected chi connectivity index (χ0v) is 19.5. The van der Waals surface area contributed by atoms with Crippen molar-refractivity contribution in [1.82, 2.24) is 28.7 Å². The molecule has 176 valence electrons. The van der Waals surface area contributed by atoms with E-state index in [2.05, 4.69) is 9.97 Å². The number of aryl methyl sites for hydroxylation is 1. The average molecular weight is 461 g/mol. The van der Waals surface area contributed by atoms with Gasteiger partial charge in [0.25, 0.3) is 5.56 Å². The van der Waals surface area contributed by atoms with E-state index in [-0.39, 0.29) is 11.2 Å². The van der Waals surface area contributed by atoms with Crippen LogP contribution in [-0.4, -0.2) is 35.3 Å². The van der Waals surface area contributed by atoms with E-state index < -0.39 is 0 Å². The normalized spacial score (nSPS) is 13.5. The number of fused-ring (bicyclic) bond motifs is 1. The van der Waals surface area contributed by atoms with Crippen molar-refractivity contribution in [2.24, 2.45) is 5.92 Å². The number of ether oxygens (including phenoxy) is 1. The lowest BCUT2D eigenvalue weighted by molar-refractivity contribution is 0.288. The van der Waals surface area contributed by atoms with Crippen molar-refractivity contribution in [3.05, 3.63) is 69.1 Å². The van der Waals surface area contributed by atoms with E-state index in [9.17, 15) is 9.59 Å². The monoisotopic (exact) mass is 460 g/mol. The summed E-state index contributed by atoms with van der Waals surface area (Å²) in [5.41, 5.74) is 1.52. The van der Waals surface area contributed by atoms with E-state index in [4.69, 9.17) is 9.72 Å². The summed E-state index contributed by atoms with van der Waals surface area (Å²) in [5, 5.41) is 0. The maximum absolute atomic E-state index is 13.6. The van der Waals surface area contributed by atoms with Gasteiger partial charge in [0.2, 0.25) is 5.88 Å². The fourth-order valence-corrected chi connectivity index (χ4v) is 4.16. The summed E-state index contributed by atoms with van der Waals surface area (Å²) in [6.07, 6.45) is 6.16. The van der Waals surface area contributed by atoms with Gasteiger partial charge in [-0.1, -0.05) is 37.3 Å². The minimum Gasteiger partial charge on any atom is -0.476 e. The van der Waals surface area contributed by atoms with Crippen molar-refractivity contribution in [2.45, 2.75) is 52.7 Å². The summed E-state index contributed by atoms with van der Waals surface area (Å²) in [6.45, 7) is 5.54. The Kier molecular flexibility index (Phi) is 6.00. The van der Waals surface area contributed by atoms with Gasteiger partial charge in [-0.15, -0.1) is 0 Å². The van der Waals surface area contributed by atoms with E-state index >= 15 is 0 Å². The molecule has 1 aliphatic carbocycles. The SMILES string of the molecule is CCCn1c(=O)c2c(nc(-c3nccnc3OCC3CC3)n2Cc2ccccc2)n(CC)c1=O. The number of rotatable bonds is 9. The van der Waals surface area contributed by atoms with Crippen LogP contribution in [-0.2, 0) is 19.6 Å². The number of hydrogen-bond donors (Lipinski definition) is 0. The molecule has 0 N–H and O–H groups in total. The quantitative estimate of drug-likeness (QED) is 0.381. The summed E-state index contributed by atoms with van der Waals surface area (Å²) in [4.78, 5) is 40.5. The van der Waals surface area contributed by atoms with Gasteiger partial charge in [0.15, 0.2) is 22.7 Å². The maximum atomic E-state index is 13.6. The number of aromatic nitrogens is 6. The highest BCUT2D eigenvalue weighted by Crippen LogP contribution is 2.32. The first-order valence-corrected chi connectivity index (χ1v) is 11.8. The lowest BCUT2D eigenvalue weighted by atomic mass is 10.2. The third kappa shape index (κ3) is 4.02. The summed E-state index contributed by atoms with van der Waals surface area (Å²) in [6, 6.07) is 9.86. The molecular formula is C25H28N6O3. The Morgan fingerprint density at radius 2 is 1.76 bits per heavy atom. The van der Waals surface area contributed by atoms with Crippen molar-refractivity contribution in [3.63, 3.8) is 0 Å². The van der Waals surface area contributed by atoms with Crippen LogP contribution < -0.4 is 16.0 Å². The van der Waals surface area contributed by atoms with Gasteiger partial charge in [0.05, 0.1) is 6.61 Å². The molecule has 0 unspecified atom stereocenters. The van der Waals surface area contributed by atoms with E-state index in [1.54, 1.807) is 17.0 Å². The minimum absolute atomic E-state index is 0.342.